The number of aromatic amines is 1. The molecule has 1 aromatic heterocycles. The van der Waals surface area contributed by atoms with Crippen molar-refractivity contribution >= 4 is 11.4 Å². The summed E-state index contributed by atoms with van der Waals surface area (Å²) in [6, 6.07) is 17.8. The van der Waals surface area contributed by atoms with E-state index in [1.165, 1.54) is 0 Å². The predicted octanol–water partition coefficient (Wildman–Crippen LogP) is 3.51. The highest BCUT2D eigenvalue weighted by atomic mass is 14.7. The number of anilines is 2. The molecule has 3 nitrogen and oxygen atoms in total. The van der Waals surface area contributed by atoms with Crippen molar-refractivity contribution in [3.63, 3.8) is 0 Å². The Kier molecular flexibility index (Phi) is 2.72. The molecule has 3 aromatic rings. The molecule has 0 aliphatic heterocycles. The lowest BCUT2D eigenvalue weighted by molar-refractivity contribution is 1.40. The topological polar surface area (TPSA) is 67.8 Å². The molecule has 0 fully saturated rings. The van der Waals surface area contributed by atoms with E-state index in [0.29, 0.717) is 0 Å². The van der Waals surface area contributed by atoms with Crippen LogP contribution in [-0.4, -0.2) is 4.98 Å². The SMILES string of the molecule is Nc1ccc(-c2cc[nH]c2-c2ccc(N)cc2)cc1. The Bertz CT molecular complexity index is 619. The maximum atomic E-state index is 5.72. The molecule has 0 unspecified atom stereocenters. The molecule has 0 saturated carbocycles. The van der Waals surface area contributed by atoms with Crippen LogP contribution >= 0.6 is 0 Å². The molecule has 94 valence electrons. The molecule has 19 heavy (non-hydrogen) atoms. The number of H-pyrrole nitrogens is 1. The van der Waals surface area contributed by atoms with Crippen molar-refractivity contribution in [1.82, 2.24) is 4.98 Å². The van der Waals surface area contributed by atoms with Crippen LogP contribution in [0.5, 0.6) is 0 Å². The van der Waals surface area contributed by atoms with Gasteiger partial charge in [-0.2, -0.15) is 0 Å². The van der Waals surface area contributed by atoms with Gasteiger partial charge in [0.15, 0.2) is 0 Å². The van der Waals surface area contributed by atoms with E-state index in [1.807, 2.05) is 54.7 Å². The minimum absolute atomic E-state index is 0.768. The largest absolute Gasteiger partial charge is 0.399 e. The van der Waals surface area contributed by atoms with Crippen LogP contribution in [0.4, 0.5) is 11.4 Å². The Morgan fingerprint density at radius 3 is 1.74 bits per heavy atom. The molecule has 0 aliphatic rings. The van der Waals surface area contributed by atoms with Gasteiger partial charge in [0.25, 0.3) is 0 Å². The average Bonchev–Trinajstić information content (AvgIpc) is 2.90. The number of nitrogen functional groups attached to an aromatic ring is 2. The van der Waals surface area contributed by atoms with Crippen molar-refractivity contribution in [2.45, 2.75) is 0 Å². The van der Waals surface area contributed by atoms with Crippen LogP contribution in [0, 0.1) is 0 Å². The highest BCUT2D eigenvalue weighted by Crippen LogP contribution is 2.31. The van der Waals surface area contributed by atoms with E-state index in [1.54, 1.807) is 0 Å². The quantitative estimate of drug-likeness (QED) is 0.608. The normalized spacial score (nSPS) is 10.5. The standard InChI is InChI=1S/C16H15N3/c17-13-5-1-11(2-6-13)15-9-10-19-16(15)12-3-7-14(18)8-4-12/h1-10,19H,17-18H2. The van der Waals surface area contributed by atoms with Crippen molar-refractivity contribution in [2.75, 3.05) is 11.5 Å². The predicted molar refractivity (Wildman–Crippen MR) is 80.5 cm³/mol. The molecule has 0 spiro atoms. The third-order valence-electron chi connectivity index (χ3n) is 3.17. The lowest BCUT2D eigenvalue weighted by Gasteiger charge is -2.06. The first kappa shape index (κ1) is 11.4. The average molecular weight is 249 g/mol. The van der Waals surface area contributed by atoms with Gasteiger partial charge in [0.1, 0.15) is 0 Å². The molecular weight excluding hydrogens is 234 g/mol. The van der Waals surface area contributed by atoms with E-state index < -0.39 is 0 Å². The molecule has 0 radical (unpaired) electrons. The second-order valence-electron chi connectivity index (χ2n) is 4.51. The number of hydrogen-bond acceptors (Lipinski definition) is 2. The van der Waals surface area contributed by atoms with Gasteiger partial charge in [0.2, 0.25) is 0 Å². The van der Waals surface area contributed by atoms with E-state index >= 15 is 0 Å². The summed E-state index contributed by atoms with van der Waals surface area (Å²) in [7, 11) is 0. The fourth-order valence-corrected chi connectivity index (χ4v) is 2.16. The van der Waals surface area contributed by atoms with Gasteiger partial charge in [-0.15, -0.1) is 0 Å². The Morgan fingerprint density at radius 2 is 1.16 bits per heavy atom. The lowest BCUT2D eigenvalue weighted by atomic mass is 10.0. The Balaban J connectivity index is 2.07. The molecule has 3 rings (SSSR count). The summed E-state index contributed by atoms with van der Waals surface area (Å²) in [6.07, 6.45) is 1.94. The Labute approximate surface area is 111 Å². The van der Waals surface area contributed by atoms with Crippen molar-refractivity contribution in [1.29, 1.82) is 0 Å². The lowest BCUT2D eigenvalue weighted by Crippen LogP contribution is -1.87. The van der Waals surface area contributed by atoms with Gasteiger partial charge in [0.05, 0.1) is 5.69 Å². The molecular formula is C16H15N3. The summed E-state index contributed by atoms with van der Waals surface area (Å²) < 4.78 is 0. The van der Waals surface area contributed by atoms with Gasteiger partial charge in [-0.25, -0.2) is 0 Å². The Hall–Kier alpha value is -2.68. The summed E-state index contributed by atoms with van der Waals surface area (Å²) in [5, 5.41) is 0. The molecule has 0 atom stereocenters. The molecule has 0 amide bonds. The number of nitrogens with two attached hydrogens (primary N) is 2. The van der Waals surface area contributed by atoms with E-state index in [2.05, 4.69) is 11.1 Å². The van der Waals surface area contributed by atoms with Crippen LogP contribution in [0.2, 0.25) is 0 Å². The molecule has 5 N–H and O–H groups in total. The van der Waals surface area contributed by atoms with Crippen LogP contribution in [0.1, 0.15) is 0 Å². The van der Waals surface area contributed by atoms with Gasteiger partial charge < -0.3 is 16.5 Å². The second-order valence-corrected chi connectivity index (χ2v) is 4.51. The summed E-state index contributed by atoms with van der Waals surface area (Å²) >= 11 is 0. The number of benzene rings is 2. The molecule has 2 aromatic carbocycles. The zero-order valence-electron chi connectivity index (χ0n) is 10.4. The fraction of sp³-hybridized carbons (Fsp3) is 0. The first-order valence-corrected chi connectivity index (χ1v) is 6.13. The first-order valence-electron chi connectivity index (χ1n) is 6.13. The van der Waals surface area contributed by atoms with Gasteiger partial charge in [-0.05, 0) is 41.5 Å². The van der Waals surface area contributed by atoms with Crippen LogP contribution in [0.25, 0.3) is 22.4 Å². The van der Waals surface area contributed by atoms with Crippen LogP contribution in [-0.2, 0) is 0 Å². The van der Waals surface area contributed by atoms with Gasteiger partial charge >= 0.3 is 0 Å². The zero-order valence-corrected chi connectivity index (χ0v) is 10.4. The van der Waals surface area contributed by atoms with E-state index in [9.17, 15) is 0 Å². The monoisotopic (exact) mass is 249 g/mol. The fourth-order valence-electron chi connectivity index (χ4n) is 2.16. The van der Waals surface area contributed by atoms with Crippen molar-refractivity contribution in [3.05, 3.63) is 60.8 Å². The summed E-state index contributed by atoms with van der Waals surface area (Å²) in [4.78, 5) is 3.28. The van der Waals surface area contributed by atoms with Crippen LogP contribution in [0.15, 0.2) is 60.8 Å². The maximum absolute atomic E-state index is 5.72. The van der Waals surface area contributed by atoms with E-state index in [-0.39, 0.29) is 0 Å². The highest BCUT2D eigenvalue weighted by Gasteiger charge is 2.08. The summed E-state index contributed by atoms with van der Waals surface area (Å²) in [5.41, 5.74) is 17.5. The maximum Gasteiger partial charge on any atom is 0.0533 e. The van der Waals surface area contributed by atoms with Crippen molar-refractivity contribution < 1.29 is 0 Å². The summed E-state index contributed by atoms with van der Waals surface area (Å²) in [5.74, 6) is 0. The van der Waals surface area contributed by atoms with Gasteiger partial charge in [-0.1, -0.05) is 24.3 Å². The minimum atomic E-state index is 0.768. The molecule has 0 bridgehead atoms. The van der Waals surface area contributed by atoms with Gasteiger partial charge in [-0.3, -0.25) is 0 Å². The number of aromatic nitrogens is 1. The summed E-state index contributed by atoms with van der Waals surface area (Å²) in [6.45, 7) is 0. The molecule has 0 saturated heterocycles. The molecule has 0 aliphatic carbocycles. The Morgan fingerprint density at radius 1 is 0.632 bits per heavy atom. The van der Waals surface area contributed by atoms with E-state index in [4.69, 9.17) is 11.5 Å². The van der Waals surface area contributed by atoms with Crippen molar-refractivity contribution in [3.8, 4) is 22.4 Å². The number of nitrogens with one attached hydrogen (secondary N) is 1. The van der Waals surface area contributed by atoms with E-state index in [0.717, 1.165) is 33.8 Å². The second kappa shape index (κ2) is 4.53. The number of hydrogen-bond donors (Lipinski definition) is 3. The van der Waals surface area contributed by atoms with Crippen molar-refractivity contribution in [2.24, 2.45) is 0 Å². The first-order chi connectivity index (χ1) is 9.24. The number of rotatable bonds is 2. The smallest absolute Gasteiger partial charge is 0.0533 e. The van der Waals surface area contributed by atoms with Crippen LogP contribution < -0.4 is 11.5 Å². The third-order valence-corrected chi connectivity index (χ3v) is 3.17. The molecule has 3 heteroatoms. The van der Waals surface area contributed by atoms with Gasteiger partial charge in [0, 0.05) is 23.1 Å². The minimum Gasteiger partial charge on any atom is -0.399 e. The molecule has 1 heterocycles. The van der Waals surface area contributed by atoms with Crippen LogP contribution in [0.3, 0.4) is 0 Å². The zero-order chi connectivity index (χ0) is 13.2. The highest BCUT2D eigenvalue weighted by molar-refractivity contribution is 5.82. The third kappa shape index (κ3) is 2.18.